The quantitative estimate of drug-likeness (QED) is 0.595. The summed E-state index contributed by atoms with van der Waals surface area (Å²) >= 11 is 0. The number of hydrogen-bond acceptors (Lipinski definition) is 5. The summed E-state index contributed by atoms with van der Waals surface area (Å²) in [6.07, 6.45) is 8.70. The van der Waals surface area contributed by atoms with Crippen LogP contribution >= 0.6 is 0 Å². The average molecular weight is 328 g/mol. The Labute approximate surface area is 139 Å². The molecular formula is C18H32O5. The Morgan fingerprint density at radius 2 is 1.43 bits per heavy atom. The molecule has 0 spiro atoms. The first kappa shape index (κ1) is 20.1. The highest BCUT2D eigenvalue weighted by molar-refractivity contribution is 5.82. The average Bonchev–Trinajstić information content (AvgIpc) is 2.52. The van der Waals surface area contributed by atoms with Crippen molar-refractivity contribution in [1.29, 1.82) is 0 Å². The van der Waals surface area contributed by atoms with Crippen LogP contribution in [-0.2, 0) is 9.53 Å². The molecule has 5 heteroatoms. The predicted octanol–water partition coefficient (Wildman–Crippen LogP) is 2.47. The molecule has 0 amide bonds. The fraction of sp³-hybridized carbons (Fsp3) is 0.833. The number of hydrogen-bond donors (Lipinski definition) is 3. The summed E-state index contributed by atoms with van der Waals surface area (Å²) in [6.45, 7) is 1.86. The normalized spacial score (nSPS) is 34.9. The SMILES string of the molecule is CC1CCCCCCCCCC[C@@H](O)[C@H](O)[C@H](O)/C=C/C(=O)O1. The molecule has 0 aliphatic carbocycles. The smallest absolute Gasteiger partial charge is 0.330 e. The van der Waals surface area contributed by atoms with Gasteiger partial charge < -0.3 is 20.1 Å². The number of aliphatic hydroxyl groups is 3. The van der Waals surface area contributed by atoms with E-state index in [1.165, 1.54) is 25.3 Å². The molecule has 0 radical (unpaired) electrons. The lowest BCUT2D eigenvalue weighted by molar-refractivity contribution is -0.142. The van der Waals surface area contributed by atoms with Crippen molar-refractivity contribution in [3.63, 3.8) is 0 Å². The minimum atomic E-state index is -1.28. The van der Waals surface area contributed by atoms with Gasteiger partial charge in [0.25, 0.3) is 0 Å². The fourth-order valence-corrected chi connectivity index (χ4v) is 2.83. The Hall–Kier alpha value is -0.910. The van der Waals surface area contributed by atoms with E-state index in [4.69, 9.17) is 4.74 Å². The molecule has 0 bridgehead atoms. The molecule has 0 aromatic carbocycles. The van der Waals surface area contributed by atoms with Crippen molar-refractivity contribution in [1.82, 2.24) is 0 Å². The Morgan fingerprint density at radius 3 is 2.04 bits per heavy atom. The lowest BCUT2D eigenvalue weighted by atomic mass is 10.00. The van der Waals surface area contributed by atoms with Crippen molar-refractivity contribution in [2.24, 2.45) is 0 Å². The molecule has 0 aromatic rings. The van der Waals surface area contributed by atoms with Gasteiger partial charge in [-0.05, 0) is 32.3 Å². The summed E-state index contributed by atoms with van der Waals surface area (Å²) in [6, 6.07) is 0. The summed E-state index contributed by atoms with van der Waals surface area (Å²) < 4.78 is 5.23. The van der Waals surface area contributed by atoms with Gasteiger partial charge in [0.1, 0.15) is 12.2 Å². The maximum Gasteiger partial charge on any atom is 0.330 e. The van der Waals surface area contributed by atoms with Crippen LogP contribution in [0.1, 0.15) is 71.1 Å². The highest BCUT2D eigenvalue weighted by Gasteiger charge is 2.22. The lowest BCUT2D eigenvalue weighted by Crippen LogP contribution is -2.36. The second kappa shape index (κ2) is 11.6. The van der Waals surface area contributed by atoms with Gasteiger partial charge in [0, 0.05) is 6.08 Å². The van der Waals surface area contributed by atoms with E-state index >= 15 is 0 Å². The third-order valence-electron chi connectivity index (χ3n) is 4.35. The summed E-state index contributed by atoms with van der Waals surface area (Å²) in [5.74, 6) is -0.528. The van der Waals surface area contributed by atoms with E-state index in [-0.39, 0.29) is 6.10 Å². The zero-order chi connectivity index (χ0) is 17.1. The van der Waals surface area contributed by atoms with Gasteiger partial charge in [-0.3, -0.25) is 0 Å². The largest absolute Gasteiger partial charge is 0.460 e. The van der Waals surface area contributed by atoms with Gasteiger partial charge >= 0.3 is 5.97 Å². The maximum atomic E-state index is 11.7. The van der Waals surface area contributed by atoms with E-state index in [9.17, 15) is 20.1 Å². The van der Waals surface area contributed by atoms with Gasteiger partial charge in [-0.15, -0.1) is 0 Å². The number of cyclic esters (lactones) is 1. The van der Waals surface area contributed by atoms with Crippen LogP contribution < -0.4 is 0 Å². The van der Waals surface area contributed by atoms with Gasteiger partial charge in [-0.25, -0.2) is 4.79 Å². The molecule has 1 aliphatic heterocycles. The summed E-state index contributed by atoms with van der Waals surface area (Å²) in [5, 5.41) is 29.6. The molecule has 1 unspecified atom stereocenters. The number of carbonyl (C=O) groups is 1. The van der Waals surface area contributed by atoms with Crippen molar-refractivity contribution in [2.75, 3.05) is 0 Å². The van der Waals surface area contributed by atoms with Gasteiger partial charge in [-0.1, -0.05) is 44.9 Å². The molecule has 1 aliphatic rings. The van der Waals surface area contributed by atoms with Crippen LogP contribution in [-0.4, -0.2) is 45.7 Å². The van der Waals surface area contributed by atoms with E-state index in [0.29, 0.717) is 6.42 Å². The molecule has 23 heavy (non-hydrogen) atoms. The Balaban J connectivity index is 2.55. The van der Waals surface area contributed by atoms with Crippen molar-refractivity contribution in [3.8, 4) is 0 Å². The first-order valence-corrected chi connectivity index (χ1v) is 8.93. The lowest BCUT2D eigenvalue weighted by Gasteiger charge is -2.21. The van der Waals surface area contributed by atoms with Gasteiger partial charge in [0.05, 0.1) is 12.2 Å². The molecule has 1 rings (SSSR count). The number of rotatable bonds is 0. The van der Waals surface area contributed by atoms with Gasteiger partial charge in [0.15, 0.2) is 0 Å². The Bertz CT molecular complexity index is 355. The van der Waals surface area contributed by atoms with Crippen LogP contribution in [0.15, 0.2) is 12.2 Å². The van der Waals surface area contributed by atoms with E-state index in [2.05, 4.69) is 0 Å². The van der Waals surface area contributed by atoms with Crippen LogP contribution in [0.4, 0.5) is 0 Å². The second-order valence-corrected chi connectivity index (χ2v) is 6.56. The highest BCUT2D eigenvalue weighted by Crippen LogP contribution is 2.15. The van der Waals surface area contributed by atoms with Gasteiger partial charge in [0.2, 0.25) is 0 Å². The van der Waals surface area contributed by atoms with E-state index in [0.717, 1.165) is 44.6 Å². The maximum absolute atomic E-state index is 11.7. The van der Waals surface area contributed by atoms with Crippen LogP contribution in [0.5, 0.6) is 0 Å². The summed E-state index contributed by atoms with van der Waals surface area (Å²) in [5.41, 5.74) is 0. The van der Waals surface area contributed by atoms with E-state index in [1.54, 1.807) is 0 Å². The molecule has 3 N–H and O–H groups in total. The number of aliphatic hydroxyl groups excluding tert-OH is 3. The van der Waals surface area contributed by atoms with Crippen LogP contribution in [0.3, 0.4) is 0 Å². The number of ether oxygens (including phenoxy) is 1. The minimum absolute atomic E-state index is 0.154. The topological polar surface area (TPSA) is 87.0 Å². The Morgan fingerprint density at radius 1 is 0.913 bits per heavy atom. The zero-order valence-corrected chi connectivity index (χ0v) is 14.2. The molecule has 0 aromatic heterocycles. The fourth-order valence-electron chi connectivity index (χ4n) is 2.83. The second-order valence-electron chi connectivity index (χ2n) is 6.56. The summed E-state index contributed by atoms with van der Waals surface area (Å²) in [4.78, 5) is 11.7. The highest BCUT2D eigenvalue weighted by atomic mass is 16.5. The molecule has 134 valence electrons. The first-order valence-electron chi connectivity index (χ1n) is 8.93. The van der Waals surface area contributed by atoms with Crippen LogP contribution in [0, 0.1) is 0 Å². The molecule has 0 saturated carbocycles. The van der Waals surface area contributed by atoms with Crippen molar-refractivity contribution in [2.45, 2.75) is 95.5 Å². The number of esters is 1. The van der Waals surface area contributed by atoms with Crippen molar-refractivity contribution >= 4 is 5.97 Å². The van der Waals surface area contributed by atoms with Crippen LogP contribution in [0.25, 0.3) is 0 Å². The van der Waals surface area contributed by atoms with E-state index in [1.807, 2.05) is 6.92 Å². The van der Waals surface area contributed by atoms with E-state index < -0.39 is 24.3 Å². The minimum Gasteiger partial charge on any atom is -0.460 e. The molecule has 0 fully saturated rings. The molecule has 5 nitrogen and oxygen atoms in total. The van der Waals surface area contributed by atoms with Crippen LogP contribution in [0.2, 0.25) is 0 Å². The van der Waals surface area contributed by atoms with Crippen molar-refractivity contribution < 1.29 is 24.9 Å². The standard InChI is InChI=1S/C18H32O5/c1-14-10-8-6-4-2-3-5-7-9-11-15(19)18(22)16(20)12-13-17(21)23-14/h12-16,18-20,22H,2-11H2,1H3/b13-12+/t14?,15-,16-,18+/m1/s1. The van der Waals surface area contributed by atoms with Crippen molar-refractivity contribution in [3.05, 3.63) is 12.2 Å². The third kappa shape index (κ3) is 9.08. The predicted molar refractivity (Wildman–Crippen MR) is 88.9 cm³/mol. The molecule has 1 heterocycles. The summed E-state index contributed by atoms with van der Waals surface area (Å²) in [7, 11) is 0. The third-order valence-corrected chi connectivity index (χ3v) is 4.35. The molecule has 0 saturated heterocycles. The van der Waals surface area contributed by atoms with Gasteiger partial charge in [-0.2, -0.15) is 0 Å². The Kier molecular flexibility index (Phi) is 10.2. The number of carbonyl (C=O) groups excluding carboxylic acids is 1. The zero-order valence-electron chi connectivity index (χ0n) is 14.2. The molecular weight excluding hydrogens is 296 g/mol. The molecule has 4 atom stereocenters. The monoisotopic (exact) mass is 328 g/mol. The first-order chi connectivity index (χ1) is 11.0.